The Morgan fingerprint density at radius 1 is 1.55 bits per heavy atom. The highest BCUT2D eigenvalue weighted by Crippen LogP contribution is 2.04. The van der Waals surface area contributed by atoms with Gasteiger partial charge in [0.2, 0.25) is 0 Å². The average molecular weight is 266 g/mol. The van der Waals surface area contributed by atoms with Gasteiger partial charge in [0, 0.05) is 0 Å². The van der Waals surface area contributed by atoms with Crippen LogP contribution in [0.2, 0.25) is 0 Å². The van der Waals surface area contributed by atoms with E-state index in [1.807, 2.05) is 22.6 Å². The van der Waals surface area contributed by atoms with Crippen molar-refractivity contribution in [3.8, 4) is 0 Å². The van der Waals surface area contributed by atoms with E-state index in [2.05, 4.69) is 13.2 Å². The normalized spacial score (nSPS) is 12.3. The highest BCUT2D eigenvalue weighted by Gasteiger charge is 2.12. The molecule has 1 atom stereocenters. The van der Waals surface area contributed by atoms with Gasteiger partial charge < -0.3 is 4.74 Å². The Hall–Kier alpha value is -0.320. The smallest absolute Gasteiger partial charge is 0.319 e. The van der Waals surface area contributed by atoms with Crippen molar-refractivity contribution in [2.24, 2.45) is 0 Å². The minimum atomic E-state index is -0.361. The second-order valence-electron chi connectivity index (χ2n) is 1.99. The third-order valence-electron chi connectivity index (χ3n) is 1.04. The molecular weight excluding hydrogens is 255 g/mol. The van der Waals surface area contributed by atoms with E-state index in [0.717, 1.165) is 0 Å². The topological polar surface area (TPSA) is 26.3 Å². The first-order valence-electron chi connectivity index (χ1n) is 3.21. The Labute approximate surface area is 80.5 Å². The van der Waals surface area contributed by atoms with Crippen molar-refractivity contribution in [3.05, 3.63) is 25.3 Å². The lowest BCUT2D eigenvalue weighted by molar-refractivity contribution is -0.143. The molecule has 0 spiro atoms. The number of carbonyl (C=O) groups excluding carboxylic acids is 1. The fraction of sp³-hybridized carbons (Fsp3) is 0.375. The van der Waals surface area contributed by atoms with Crippen LogP contribution in [-0.2, 0) is 9.53 Å². The van der Waals surface area contributed by atoms with Gasteiger partial charge in [-0.2, -0.15) is 0 Å². The van der Waals surface area contributed by atoms with Crippen LogP contribution in [0.15, 0.2) is 25.3 Å². The number of hydrogen-bond acceptors (Lipinski definition) is 2. The first-order valence-corrected chi connectivity index (χ1v) is 4.46. The van der Waals surface area contributed by atoms with E-state index in [-0.39, 0.29) is 16.0 Å². The second-order valence-corrected chi connectivity index (χ2v) is 3.86. The van der Waals surface area contributed by atoms with E-state index < -0.39 is 0 Å². The summed E-state index contributed by atoms with van der Waals surface area (Å²) in [6, 6.07) is 0. The van der Waals surface area contributed by atoms with Crippen LogP contribution < -0.4 is 0 Å². The molecule has 0 saturated heterocycles. The van der Waals surface area contributed by atoms with Crippen LogP contribution in [0.1, 0.15) is 6.92 Å². The maximum Gasteiger partial charge on any atom is 0.319 e. The molecule has 2 nitrogen and oxygen atoms in total. The van der Waals surface area contributed by atoms with Crippen molar-refractivity contribution in [2.45, 2.75) is 17.0 Å². The minimum Gasteiger partial charge on any atom is -0.453 e. The Balaban J connectivity index is 3.91. The quantitative estimate of drug-likeness (QED) is 0.337. The maximum absolute atomic E-state index is 10.9. The van der Waals surface area contributed by atoms with Crippen LogP contribution in [0.25, 0.3) is 0 Å². The van der Waals surface area contributed by atoms with Gasteiger partial charge in [-0.05, 0) is 19.1 Å². The van der Waals surface area contributed by atoms with Crippen molar-refractivity contribution >= 4 is 28.6 Å². The van der Waals surface area contributed by atoms with E-state index in [4.69, 9.17) is 4.74 Å². The van der Waals surface area contributed by atoms with Gasteiger partial charge in [-0.15, -0.1) is 0 Å². The monoisotopic (exact) mass is 266 g/mol. The fourth-order valence-electron chi connectivity index (χ4n) is 0.420. The molecule has 62 valence electrons. The third kappa shape index (κ3) is 4.19. The molecule has 0 aliphatic heterocycles. The molecule has 3 heteroatoms. The Kier molecular flexibility index (Phi) is 5.19. The molecule has 11 heavy (non-hydrogen) atoms. The zero-order valence-electron chi connectivity index (χ0n) is 6.42. The van der Waals surface area contributed by atoms with Gasteiger partial charge in [0.1, 0.15) is 10.0 Å². The van der Waals surface area contributed by atoms with Crippen LogP contribution >= 0.6 is 22.6 Å². The highest BCUT2D eigenvalue weighted by molar-refractivity contribution is 14.1. The zero-order chi connectivity index (χ0) is 8.85. The van der Waals surface area contributed by atoms with E-state index >= 15 is 0 Å². The van der Waals surface area contributed by atoms with Gasteiger partial charge in [-0.3, -0.25) is 4.79 Å². The van der Waals surface area contributed by atoms with Gasteiger partial charge in [-0.25, -0.2) is 0 Å². The first-order chi connectivity index (χ1) is 5.11. The summed E-state index contributed by atoms with van der Waals surface area (Å²) in [6.07, 6.45) is 2.70. The van der Waals surface area contributed by atoms with E-state index in [9.17, 15) is 4.79 Å². The molecule has 0 amide bonds. The van der Waals surface area contributed by atoms with Gasteiger partial charge in [0.25, 0.3) is 0 Å². The number of alkyl halides is 1. The summed E-state index contributed by atoms with van der Waals surface area (Å²) in [5, 5.41) is 0. The van der Waals surface area contributed by atoms with Crippen LogP contribution in [0.3, 0.4) is 0 Å². The summed E-state index contributed by atoms with van der Waals surface area (Å²) < 4.78 is 4.80. The maximum atomic E-state index is 10.9. The Morgan fingerprint density at radius 3 is 2.27 bits per heavy atom. The molecule has 0 aliphatic carbocycles. The van der Waals surface area contributed by atoms with Crippen LogP contribution in [0.4, 0.5) is 0 Å². The molecular formula is C8H11IO2. The molecule has 0 saturated carbocycles. The van der Waals surface area contributed by atoms with Crippen LogP contribution in [0.5, 0.6) is 0 Å². The van der Waals surface area contributed by atoms with Gasteiger partial charge in [-0.1, -0.05) is 35.7 Å². The molecule has 0 fully saturated rings. The van der Waals surface area contributed by atoms with Crippen molar-refractivity contribution in [3.63, 3.8) is 0 Å². The molecule has 0 aromatic carbocycles. The number of rotatable bonds is 4. The molecule has 0 rings (SSSR count). The summed E-state index contributed by atoms with van der Waals surface area (Å²) in [5.41, 5.74) is 0. The average Bonchev–Trinajstić information content (AvgIpc) is 1.99. The van der Waals surface area contributed by atoms with Crippen LogP contribution in [0, 0.1) is 0 Å². The molecule has 0 bridgehead atoms. The highest BCUT2D eigenvalue weighted by atomic mass is 127. The fourth-order valence-corrected chi connectivity index (χ4v) is 0.567. The second kappa shape index (κ2) is 5.35. The van der Waals surface area contributed by atoms with E-state index in [0.29, 0.717) is 0 Å². The van der Waals surface area contributed by atoms with Gasteiger partial charge in [0.15, 0.2) is 0 Å². The molecule has 0 N–H and O–H groups in total. The summed E-state index contributed by atoms with van der Waals surface area (Å²) in [6.45, 7) is 8.76. The molecule has 1 unspecified atom stereocenters. The van der Waals surface area contributed by atoms with E-state index in [1.165, 1.54) is 12.2 Å². The van der Waals surface area contributed by atoms with Crippen molar-refractivity contribution < 1.29 is 9.53 Å². The molecule has 0 aromatic rings. The number of hydrogen-bond donors (Lipinski definition) is 0. The van der Waals surface area contributed by atoms with Crippen LogP contribution in [-0.4, -0.2) is 16.0 Å². The largest absolute Gasteiger partial charge is 0.453 e. The minimum absolute atomic E-state index is 0.130. The molecule has 0 aromatic heterocycles. The summed E-state index contributed by atoms with van der Waals surface area (Å²) >= 11 is 1.99. The molecule has 0 aliphatic rings. The van der Waals surface area contributed by atoms with Gasteiger partial charge in [0.05, 0.1) is 0 Å². The third-order valence-corrected chi connectivity index (χ3v) is 1.55. The number of carbonyl (C=O) groups is 1. The Bertz CT molecular complexity index is 155. The molecule has 0 heterocycles. The number of halogens is 1. The Morgan fingerprint density at radius 2 is 2.00 bits per heavy atom. The standard InChI is InChI=1S/C8H11IO2/c1-4-7(5-2)11-8(10)6(3)9/h4-7H,1-2H2,3H3. The van der Waals surface area contributed by atoms with Gasteiger partial charge >= 0.3 is 5.97 Å². The number of ether oxygens (including phenoxy) is 1. The summed E-state index contributed by atoms with van der Waals surface area (Å²) in [5.74, 6) is -0.240. The molecule has 0 radical (unpaired) electrons. The van der Waals surface area contributed by atoms with Crippen molar-refractivity contribution in [1.82, 2.24) is 0 Å². The lowest BCUT2D eigenvalue weighted by Crippen LogP contribution is -2.19. The predicted molar refractivity (Wildman–Crippen MR) is 53.8 cm³/mol. The summed E-state index contributed by atoms with van der Waals surface area (Å²) in [4.78, 5) is 10.9. The zero-order valence-corrected chi connectivity index (χ0v) is 8.58. The lowest BCUT2D eigenvalue weighted by Gasteiger charge is -2.10. The predicted octanol–water partition coefficient (Wildman–Crippen LogP) is 2.09. The van der Waals surface area contributed by atoms with Crippen molar-refractivity contribution in [1.29, 1.82) is 0 Å². The van der Waals surface area contributed by atoms with Crippen molar-refractivity contribution in [2.75, 3.05) is 0 Å². The number of esters is 1. The lowest BCUT2D eigenvalue weighted by atomic mass is 10.3. The first kappa shape index (κ1) is 10.7. The van der Waals surface area contributed by atoms with E-state index in [1.54, 1.807) is 6.92 Å². The summed E-state index contributed by atoms with van der Waals surface area (Å²) in [7, 11) is 0. The SMILES string of the molecule is C=CC(C=C)OC(=O)C(C)I.